The number of sulfonamides is 1. The number of carboxylic acids is 1. The number of hydrogen-bond donors (Lipinski definition) is 2. The van der Waals surface area contributed by atoms with E-state index in [-0.39, 0.29) is 17.0 Å². The molecule has 0 aliphatic carbocycles. The number of carboxylic acid groups (broad SMARTS) is 1. The van der Waals surface area contributed by atoms with Gasteiger partial charge >= 0.3 is 5.97 Å². The van der Waals surface area contributed by atoms with Gasteiger partial charge in [-0.2, -0.15) is 0 Å². The van der Waals surface area contributed by atoms with Crippen LogP contribution in [0.25, 0.3) is 0 Å². The molecule has 0 radical (unpaired) electrons. The predicted molar refractivity (Wildman–Crippen MR) is 99.3 cm³/mol. The minimum absolute atomic E-state index is 0.0181. The number of anilines is 1. The van der Waals surface area contributed by atoms with Crippen LogP contribution in [-0.4, -0.2) is 40.8 Å². The van der Waals surface area contributed by atoms with Gasteiger partial charge in [-0.05, 0) is 24.1 Å². The molecule has 0 fully saturated rings. The van der Waals surface area contributed by atoms with Crippen molar-refractivity contribution >= 4 is 21.7 Å². The Bertz CT molecular complexity index is 883. The van der Waals surface area contributed by atoms with Gasteiger partial charge < -0.3 is 19.3 Å². The molecule has 9 heteroatoms. The van der Waals surface area contributed by atoms with Crippen LogP contribution in [0.5, 0.6) is 17.2 Å². The van der Waals surface area contributed by atoms with Gasteiger partial charge in [0.25, 0.3) is 10.0 Å². The van der Waals surface area contributed by atoms with Crippen LogP contribution >= 0.6 is 0 Å². The molecule has 0 aliphatic rings. The normalized spacial score (nSPS) is 10.9. The third kappa shape index (κ3) is 5.04. The number of carbonyl (C=O) groups is 1. The van der Waals surface area contributed by atoms with Gasteiger partial charge in [-0.1, -0.05) is 12.1 Å². The second kappa shape index (κ2) is 8.63. The van der Waals surface area contributed by atoms with E-state index in [9.17, 15) is 13.2 Å². The van der Waals surface area contributed by atoms with E-state index in [0.717, 1.165) is 5.56 Å². The number of ether oxygens (including phenoxy) is 3. The van der Waals surface area contributed by atoms with Crippen molar-refractivity contribution < 1.29 is 32.5 Å². The Morgan fingerprint density at radius 3 is 2.00 bits per heavy atom. The van der Waals surface area contributed by atoms with Gasteiger partial charge in [0.15, 0.2) is 11.5 Å². The molecule has 2 N–H and O–H groups in total. The minimum Gasteiger partial charge on any atom is -0.493 e. The van der Waals surface area contributed by atoms with E-state index < -0.39 is 16.0 Å². The average Bonchev–Trinajstić information content (AvgIpc) is 2.65. The standard InChI is InChI=1S/C18H21NO7S/c1-24-15-10-13(11-16(25-2)18(15)26-3)19-27(22,23)14-7-4-12(5-8-14)6-9-17(20)21/h4-5,7-8,10-11,19H,6,9H2,1-3H3,(H,20,21). The number of aliphatic carboxylic acids is 1. The van der Waals surface area contributed by atoms with E-state index in [2.05, 4.69) is 4.72 Å². The maximum atomic E-state index is 12.6. The van der Waals surface area contributed by atoms with Crippen LogP contribution in [-0.2, 0) is 21.2 Å². The first-order valence-electron chi connectivity index (χ1n) is 7.94. The molecule has 2 aromatic carbocycles. The van der Waals surface area contributed by atoms with Crippen LogP contribution in [0, 0.1) is 0 Å². The topological polar surface area (TPSA) is 111 Å². The van der Waals surface area contributed by atoms with Crippen molar-refractivity contribution in [1.29, 1.82) is 0 Å². The number of methoxy groups -OCH3 is 3. The molecule has 146 valence electrons. The molecule has 8 nitrogen and oxygen atoms in total. The number of rotatable bonds is 9. The first kappa shape index (κ1) is 20.4. The highest BCUT2D eigenvalue weighted by molar-refractivity contribution is 7.92. The Balaban J connectivity index is 2.26. The van der Waals surface area contributed by atoms with E-state index in [0.29, 0.717) is 23.7 Å². The largest absolute Gasteiger partial charge is 0.493 e. The Morgan fingerprint density at radius 2 is 1.56 bits per heavy atom. The quantitative estimate of drug-likeness (QED) is 0.671. The van der Waals surface area contributed by atoms with Gasteiger partial charge in [0.1, 0.15) is 0 Å². The fourth-order valence-corrected chi connectivity index (χ4v) is 3.48. The molecule has 0 aliphatic heterocycles. The van der Waals surface area contributed by atoms with E-state index >= 15 is 0 Å². The van der Waals surface area contributed by atoms with E-state index in [1.165, 1.54) is 45.6 Å². The predicted octanol–water partition coefficient (Wildman–Crippen LogP) is 2.53. The van der Waals surface area contributed by atoms with Crippen LogP contribution < -0.4 is 18.9 Å². The lowest BCUT2D eigenvalue weighted by atomic mass is 10.1. The molecule has 0 bridgehead atoms. The zero-order valence-corrected chi connectivity index (χ0v) is 16.0. The van der Waals surface area contributed by atoms with Crippen molar-refractivity contribution in [3.63, 3.8) is 0 Å². The van der Waals surface area contributed by atoms with Crippen molar-refractivity contribution in [3.8, 4) is 17.2 Å². The Labute approximate surface area is 157 Å². The van der Waals surface area contributed by atoms with E-state index in [1.54, 1.807) is 12.1 Å². The highest BCUT2D eigenvalue weighted by atomic mass is 32.2. The van der Waals surface area contributed by atoms with Gasteiger partial charge in [-0.3, -0.25) is 9.52 Å². The van der Waals surface area contributed by atoms with Crippen LogP contribution in [0.15, 0.2) is 41.3 Å². The zero-order chi connectivity index (χ0) is 20.0. The smallest absolute Gasteiger partial charge is 0.303 e. The van der Waals surface area contributed by atoms with E-state index in [1.807, 2.05) is 0 Å². The second-order valence-electron chi connectivity index (χ2n) is 5.56. The fraction of sp³-hybridized carbons (Fsp3) is 0.278. The summed E-state index contributed by atoms with van der Waals surface area (Å²) >= 11 is 0. The van der Waals surface area contributed by atoms with Crippen LogP contribution in [0.2, 0.25) is 0 Å². The number of aryl methyl sites for hydroxylation is 1. The summed E-state index contributed by atoms with van der Waals surface area (Å²) in [5, 5.41) is 8.71. The van der Waals surface area contributed by atoms with Crippen LogP contribution in [0.1, 0.15) is 12.0 Å². The average molecular weight is 395 g/mol. The molecule has 0 amide bonds. The van der Waals surface area contributed by atoms with Gasteiger partial charge in [0.05, 0.1) is 31.9 Å². The number of benzene rings is 2. The second-order valence-corrected chi connectivity index (χ2v) is 7.24. The molecule has 2 rings (SSSR count). The molecule has 27 heavy (non-hydrogen) atoms. The van der Waals surface area contributed by atoms with Gasteiger partial charge in [0, 0.05) is 18.6 Å². The summed E-state index contributed by atoms with van der Waals surface area (Å²) < 4.78 is 43.3. The highest BCUT2D eigenvalue weighted by Gasteiger charge is 2.18. The highest BCUT2D eigenvalue weighted by Crippen LogP contribution is 2.40. The van der Waals surface area contributed by atoms with Gasteiger partial charge in [0.2, 0.25) is 5.75 Å². The molecule has 0 spiro atoms. The van der Waals surface area contributed by atoms with Gasteiger partial charge in [-0.15, -0.1) is 0 Å². The summed E-state index contributed by atoms with van der Waals surface area (Å²) in [5.41, 5.74) is 0.989. The third-order valence-corrected chi connectivity index (χ3v) is 5.18. The van der Waals surface area contributed by atoms with Crippen molar-refractivity contribution in [2.45, 2.75) is 17.7 Å². The summed E-state index contributed by atoms with van der Waals surface area (Å²) in [5.74, 6) is 0.0821. The molecular formula is C18H21NO7S. The van der Waals surface area contributed by atoms with Crippen molar-refractivity contribution in [2.24, 2.45) is 0 Å². The maximum absolute atomic E-state index is 12.6. The van der Waals surface area contributed by atoms with Crippen LogP contribution in [0.4, 0.5) is 5.69 Å². The molecule has 2 aromatic rings. The number of nitrogens with one attached hydrogen (secondary N) is 1. The third-order valence-electron chi connectivity index (χ3n) is 3.78. The zero-order valence-electron chi connectivity index (χ0n) is 15.2. The van der Waals surface area contributed by atoms with Crippen molar-refractivity contribution in [3.05, 3.63) is 42.0 Å². The number of hydrogen-bond acceptors (Lipinski definition) is 6. The lowest BCUT2D eigenvalue weighted by Crippen LogP contribution is -2.13. The molecule has 0 saturated heterocycles. The molecule has 0 atom stereocenters. The molecule has 0 aromatic heterocycles. The Kier molecular flexibility index (Phi) is 6.51. The summed E-state index contributed by atoms with van der Waals surface area (Å²) in [6.07, 6.45) is 0.311. The van der Waals surface area contributed by atoms with Crippen molar-refractivity contribution in [2.75, 3.05) is 26.1 Å². The first-order chi connectivity index (χ1) is 12.8. The lowest BCUT2D eigenvalue weighted by Gasteiger charge is -2.15. The molecule has 0 saturated carbocycles. The summed E-state index contributed by atoms with van der Waals surface area (Å²) in [6, 6.07) is 9.01. The first-order valence-corrected chi connectivity index (χ1v) is 9.42. The SMILES string of the molecule is COc1cc(NS(=O)(=O)c2ccc(CCC(=O)O)cc2)cc(OC)c1OC. The monoisotopic (exact) mass is 395 g/mol. The van der Waals surface area contributed by atoms with Crippen molar-refractivity contribution in [1.82, 2.24) is 0 Å². The maximum Gasteiger partial charge on any atom is 0.303 e. The van der Waals surface area contributed by atoms with Crippen LogP contribution in [0.3, 0.4) is 0 Å². The molecule has 0 heterocycles. The fourth-order valence-electron chi connectivity index (χ4n) is 2.44. The Hall–Kier alpha value is -2.94. The molecular weight excluding hydrogens is 374 g/mol. The lowest BCUT2D eigenvalue weighted by molar-refractivity contribution is -0.136. The summed E-state index contributed by atoms with van der Waals surface area (Å²) in [6.45, 7) is 0. The van der Waals surface area contributed by atoms with Gasteiger partial charge in [-0.25, -0.2) is 8.42 Å². The summed E-state index contributed by atoms with van der Waals surface area (Å²) in [4.78, 5) is 10.7. The molecule has 0 unspecified atom stereocenters. The minimum atomic E-state index is -3.85. The van der Waals surface area contributed by atoms with E-state index in [4.69, 9.17) is 19.3 Å². The summed E-state index contributed by atoms with van der Waals surface area (Å²) in [7, 11) is 0.477. The Morgan fingerprint density at radius 1 is 1.00 bits per heavy atom.